The number of carbonyl (C=O) groups excluding carboxylic acids is 3. The number of hydrogen-bond acceptors (Lipinski definition) is 9. The molecule has 0 aliphatic carbocycles. The Labute approximate surface area is 148 Å². The summed E-state index contributed by atoms with van der Waals surface area (Å²) in [6, 6.07) is 2.57. The predicted molar refractivity (Wildman–Crippen MR) is 85.5 cm³/mol. The second-order valence-electron chi connectivity index (χ2n) is 5.27. The van der Waals surface area contributed by atoms with E-state index in [1.165, 1.54) is 24.1 Å². The maximum Gasteiger partial charge on any atom is 0.408 e. The highest BCUT2D eigenvalue weighted by Gasteiger charge is 2.38. The largest absolute Gasteiger partial charge is 0.474 e. The Kier molecular flexibility index (Phi) is 6.04. The Hall–Kier alpha value is -3.24. The van der Waals surface area contributed by atoms with E-state index in [0.29, 0.717) is 0 Å². The van der Waals surface area contributed by atoms with Gasteiger partial charge in [0.25, 0.3) is 5.82 Å². The summed E-state index contributed by atoms with van der Waals surface area (Å²) >= 11 is 0. The van der Waals surface area contributed by atoms with Crippen molar-refractivity contribution in [2.45, 2.75) is 13.3 Å². The summed E-state index contributed by atoms with van der Waals surface area (Å²) in [6.45, 7) is 1.27. The number of methoxy groups -OCH3 is 1. The van der Waals surface area contributed by atoms with Crippen molar-refractivity contribution in [3.63, 3.8) is 0 Å². The van der Waals surface area contributed by atoms with E-state index >= 15 is 0 Å². The highest BCUT2D eigenvalue weighted by Crippen LogP contribution is 2.31. The second-order valence-corrected chi connectivity index (χ2v) is 5.27. The fourth-order valence-corrected chi connectivity index (χ4v) is 2.41. The molecule has 140 valence electrons. The third-order valence-electron chi connectivity index (χ3n) is 3.58. The van der Waals surface area contributed by atoms with E-state index < -0.39 is 41.1 Å². The first-order valence-corrected chi connectivity index (χ1v) is 7.69. The van der Waals surface area contributed by atoms with Crippen LogP contribution in [-0.2, 0) is 23.9 Å². The van der Waals surface area contributed by atoms with Crippen molar-refractivity contribution in [3.05, 3.63) is 22.2 Å². The molecular weight excluding hydrogens is 350 g/mol. The van der Waals surface area contributed by atoms with Gasteiger partial charge in [0, 0.05) is 19.0 Å². The number of anilines is 1. The maximum absolute atomic E-state index is 12.1. The first-order chi connectivity index (χ1) is 12.4. The molecule has 0 N–H and O–H groups in total. The van der Waals surface area contributed by atoms with Crippen molar-refractivity contribution in [2.24, 2.45) is 5.92 Å². The lowest BCUT2D eigenvalue weighted by Crippen LogP contribution is -2.27. The molecule has 11 heteroatoms. The van der Waals surface area contributed by atoms with Crippen molar-refractivity contribution in [1.29, 1.82) is 0 Å². The molecule has 0 saturated carbocycles. The minimum atomic E-state index is -0.789. The van der Waals surface area contributed by atoms with Gasteiger partial charge in [0.05, 0.1) is 19.6 Å². The third-order valence-corrected chi connectivity index (χ3v) is 3.58. The zero-order valence-electron chi connectivity index (χ0n) is 14.2. The average molecular weight is 367 g/mol. The van der Waals surface area contributed by atoms with Crippen molar-refractivity contribution in [3.8, 4) is 5.75 Å². The molecule has 26 heavy (non-hydrogen) atoms. The molecule has 2 heterocycles. The van der Waals surface area contributed by atoms with Crippen molar-refractivity contribution in [2.75, 3.05) is 31.8 Å². The summed E-state index contributed by atoms with van der Waals surface area (Å²) in [5.74, 6) is -3.15. The lowest BCUT2D eigenvalue weighted by molar-refractivity contribution is -0.390. The van der Waals surface area contributed by atoms with Gasteiger partial charge in [0.15, 0.2) is 6.61 Å². The summed E-state index contributed by atoms with van der Waals surface area (Å²) in [5.41, 5.74) is 0. The Morgan fingerprint density at radius 2 is 2.15 bits per heavy atom. The normalized spacial score (nSPS) is 16.3. The molecule has 1 fully saturated rings. The number of pyridine rings is 1. The van der Waals surface area contributed by atoms with Gasteiger partial charge in [-0.25, -0.2) is 4.79 Å². The Morgan fingerprint density at radius 3 is 2.77 bits per heavy atom. The van der Waals surface area contributed by atoms with E-state index in [-0.39, 0.29) is 31.1 Å². The molecule has 1 aliphatic rings. The van der Waals surface area contributed by atoms with Gasteiger partial charge in [-0.1, -0.05) is 0 Å². The van der Waals surface area contributed by atoms with Crippen molar-refractivity contribution in [1.82, 2.24) is 4.98 Å². The van der Waals surface area contributed by atoms with Crippen LogP contribution in [0.3, 0.4) is 0 Å². The molecule has 0 radical (unpaired) electrons. The maximum atomic E-state index is 12.1. The number of carbonyl (C=O) groups is 3. The lowest BCUT2D eigenvalue weighted by atomic mass is 10.1. The molecule has 1 aliphatic heterocycles. The van der Waals surface area contributed by atoms with Crippen LogP contribution in [0.4, 0.5) is 11.6 Å². The number of ether oxygens (including phenoxy) is 3. The van der Waals surface area contributed by atoms with Gasteiger partial charge in [-0.3, -0.25) is 14.5 Å². The van der Waals surface area contributed by atoms with Crippen LogP contribution in [0, 0.1) is 16.0 Å². The Balaban J connectivity index is 2.20. The van der Waals surface area contributed by atoms with E-state index in [1.807, 2.05) is 0 Å². The van der Waals surface area contributed by atoms with Crippen molar-refractivity contribution < 1.29 is 33.5 Å². The molecule has 2 rings (SSSR count). The number of hydrogen-bond donors (Lipinski definition) is 0. The van der Waals surface area contributed by atoms with Gasteiger partial charge in [-0.05, 0) is 22.9 Å². The van der Waals surface area contributed by atoms with Crippen LogP contribution >= 0.6 is 0 Å². The molecule has 11 nitrogen and oxygen atoms in total. The first-order valence-electron chi connectivity index (χ1n) is 7.69. The van der Waals surface area contributed by atoms with E-state index in [4.69, 9.17) is 4.74 Å². The number of aromatic nitrogens is 1. The average Bonchev–Trinajstić information content (AvgIpc) is 3.01. The van der Waals surface area contributed by atoms with Crippen molar-refractivity contribution >= 4 is 29.5 Å². The number of amides is 1. The Morgan fingerprint density at radius 1 is 1.42 bits per heavy atom. The molecule has 0 spiro atoms. The van der Waals surface area contributed by atoms with E-state index in [9.17, 15) is 24.5 Å². The lowest BCUT2D eigenvalue weighted by Gasteiger charge is -2.13. The minimum Gasteiger partial charge on any atom is -0.474 e. The van der Waals surface area contributed by atoms with Gasteiger partial charge in [-0.15, -0.1) is 0 Å². The zero-order valence-corrected chi connectivity index (χ0v) is 14.2. The first kappa shape index (κ1) is 19.1. The molecular formula is C15H17N3O8. The summed E-state index contributed by atoms with van der Waals surface area (Å²) in [5, 5.41) is 11.2. The van der Waals surface area contributed by atoms with Crippen LogP contribution < -0.4 is 9.64 Å². The van der Waals surface area contributed by atoms with Crippen LogP contribution in [0.15, 0.2) is 12.1 Å². The fourth-order valence-electron chi connectivity index (χ4n) is 2.41. The quantitative estimate of drug-likeness (QED) is 0.382. The molecule has 0 bridgehead atoms. The summed E-state index contributed by atoms with van der Waals surface area (Å²) in [6.07, 6.45) is -0.0662. The molecule has 1 aromatic heterocycles. The molecule has 0 aromatic carbocycles. The number of rotatable bonds is 7. The van der Waals surface area contributed by atoms with Crippen LogP contribution in [-0.4, -0.2) is 54.6 Å². The van der Waals surface area contributed by atoms with Gasteiger partial charge in [0.1, 0.15) is 0 Å². The third kappa shape index (κ3) is 4.23. The number of nitro groups is 1. The molecule has 1 aromatic rings. The molecule has 1 atom stereocenters. The molecule has 1 saturated heterocycles. The minimum absolute atomic E-state index is 0.0107. The second kappa shape index (κ2) is 8.23. The highest BCUT2D eigenvalue weighted by molar-refractivity contribution is 5.98. The van der Waals surface area contributed by atoms with E-state index in [2.05, 4.69) is 14.5 Å². The number of nitrogens with zero attached hydrogens (tertiary/aromatic N) is 3. The van der Waals surface area contributed by atoms with Gasteiger partial charge in [0.2, 0.25) is 11.7 Å². The van der Waals surface area contributed by atoms with E-state index in [1.54, 1.807) is 6.92 Å². The van der Waals surface area contributed by atoms with Crippen LogP contribution in [0.5, 0.6) is 5.75 Å². The van der Waals surface area contributed by atoms with Gasteiger partial charge < -0.3 is 24.3 Å². The van der Waals surface area contributed by atoms with Gasteiger partial charge in [-0.2, -0.15) is 0 Å². The number of esters is 2. The Bertz CT molecular complexity index is 736. The standard InChI is InChI=1S/C15H17N3O8/c1-3-25-13(20)8-26-10-4-5-11(16-14(10)18(22)23)17-7-9(6-12(17)19)15(21)24-2/h4-5,9H,3,6-8H2,1-2H3. The highest BCUT2D eigenvalue weighted by atomic mass is 16.6. The van der Waals surface area contributed by atoms with Gasteiger partial charge >= 0.3 is 17.8 Å². The summed E-state index contributed by atoms with van der Waals surface area (Å²) in [4.78, 5) is 50.4. The van der Waals surface area contributed by atoms with Crippen LogP contribution in [0.1, 0.15) is 13.3 Å². The van der Waals surface area contributed by atoms with E-state index in [0.717, 1.165) is 0 Å². The smallest absolute Gasteiger partial charge is 0.408 e. The topological polar surface area (TPSA) is 138 Å². The predicted octanol–water partition coefficient (Wildman–Crippen LogP) is 0.458. The SMILES string of the molecule is CCOC(=O)COc1ccc(N2CC(C(=O)OC)CC2=O)nc1[N+](=O)[O-]. The summed E-state index contributed by atoms with van der Waals surface area (Å²) in [7, 11) is 1.22. The summed E-state index contributed by atoms with van der Waals surface area (Å²) < 4.78 is 14.4. The zero-order chi connectivity index (χ0) is 19.3. The molecule has 1 unspecified atom stereocenters. The monoisotopic (exact) mass is 367 g/mol. The van der Waals surface area contributed by atoms with Crippen LogP contribution in [0.25, 0.3) is 0 Å². The van der Waals surface area contributed by atoms with Crippen LogP contribution in [0.2, 0.25) is 0 Å². The fraction of sp³-hybridized carbons (Fsp3) is 0.467. The molecule has 1 amide bonds.